The molecular formula is C67H88BrFN20O2S3. The number of aliphatic hydroxyl groups excluding tert-OH is 1. The molecule has 11 rings (SSSR count). The lowest BCUT2D eigenvalue weighted by molar-refractivity contribution is 0.102. The van der Waals surface area contributed by atoms with E-state index >= 15 is 0 Å². The molecule has 0 spiro atoms. The van der Waals surface area contributed by atoms with Crippen LogP contribution in [-0.2, 0) is 35.9 Å². The van der Waals surface area contributed by atoms with E-state index in [1.165, 1.54) is 17.4 Å². The molecule has 0 fully saturated rings. The van der Waals surface area contributed by atoms with E-state index < -0.39 is 0 Å². The first-order chi connectivity index (χ1) is 44.0. The molecule has 0 aliphatic heterocycles. The van der Waals surface area contributed by atoms with Crippen LogP contribution in [0.15, 0.2) is 121 Å². The number of nitrogens with one attached hydrogen (secondary N) is 3. The highest BCUT2D eigenvalue weighted by molar-refractivity contribution is 9.09. The average molecular weight is 1400 g/mol. The van der Waals surface area contributed by atoms with Gasteiger partial charge in [0.05, 0.1) is 62.9 Å². The standard InChI is InChI=1S/C22H25FN6S.C21H25N7S.C11H10BrN3O.C10H18N4S.C2H6O.CH4/c1-6-29-20(10-19(27-29)22(3,4)5)26-21-25-17(12-30-21)15-7-8-18(16(23)9-15)28-11-14(2)24-13-28;1-6-28-19(9-17(26-28)21(3,4)5)25-20-24-16(12-29-20)15-7-8-18(22-10-15)27-11-14(2)23-13-27;1-8-6-15(7-14-8)11-3-2-9(5-13-11)10(16)4-12;1-5-14-8(12-9(11)15)6-7(13-14)10(2,3)4;1-2-3;/h7-13H,6H2,1-5H3,(H,25,26);7-13H,6H2,1-5H3,(H,24,25);2-3,5-7H,4H2,1H3;6H,5H2,1-4H3,(H3,11,12,15);3H,2H2,1H3;1H4. The minimum atomic E-state index is -0.314. The molecule has 6 N–H and O–H groups in total. The Balaban J connectivity index is 0.000000203. The summed E-state index contributed by atoms with van der Waals surface area (Å²) in [6.07, 6.45) is 14.1. The highest BCUT2D eigenvalue weighted by atomic mass is 79.9. The van der Waals surface area contributed by atoms with Gasteiger partial charge in [0.1, 0.15) is 47.6 Å². The Morgan fingerprint density at radius 3 is 1.36 bits per heavy atom. The zero-order valence-electron chi connectivity index (χ0n) is 55.7. The van der Waals surface area contributed by atoms with Crippen molar-refractivity contribution in [3.05, 3.63) is 167 Å². The number of hydrogen-bond donors (Lipinski definition) is 5. The van der Waals surface area contributed by atoms with Crippen LogP contribution >= 0.6 is 50.8 Å². The molecule has 22 nitrogen and oxygen atoms in total. The molecule has 0 radical (unpaired) electrons. The van der Waals surface area contributed by atoms with Crippen LogP contribution in [0.1, 0.15) is 142 Å². The maximum atomic E-state index is 14.7. The number of thiazole rings is 2. The number of aromatic nitrogens is 16. The van der Waals surface area contributed by atoms with Crippen LogP contribution in [0.25, 0.3) is 39.8 Å². The first kappa shape index (κ1) is 74.4. The van der Waals surface area contributed by atoms with Crippen LogP contribution in [0.4, 0.5) is 32.1 Å². The third-order valence-corrected chi connectivity index (χ3v) is 15.8. The van der Waals surface area contributed by atoms with Gasteiger partial charge in [-0.15, -0.1) is 22.7 Å². The van der Waals surface area contributed by atoms with Crippen molar-refractivity contribution in [2.24, 2.45) is 5.73 Å². The Labute approximate surface area is 572 Å². The van der Waals surface area contributed by atoms with Crippen molar-refractivity contribution in [2.45, 2.75) is 154 Å². The molecular weight excluding hydrogens is 1310 g/mol. The van der Waals surface area contributed by atoms with E-state index in [1.54, 1.807) is 72.4 Å². The smallest absolute Gasteiger partial charge is 0.188 e. The number of alkyl halides is 1. The fourth-order valence-corrected chi connectivity index (χ4v) is 10.5. The van der Waals surface area contributed by atoms with Crippen molar-refractivity contribution >= 4 is 89.4 Å². The number of imidazole rings is 3. The molecule has 0 aliphatic carbocycles. The predicted octanol–water partition coefficient (Wildman–Crippen LogP) is 15.3. The summed E-state index contributed by atoms with van der Waals surface area (Å²) in [5, 5.41) is 37.3. The number of nitrogens with two attached hydrogens (primary N) is 1. The van der Waals surface area contributed by atoms with Crippen LogP contribution in [0, 0.1) is 26.6 Å². The monoisotopic (exact) mass is 1400 g/mol. The molecule has 94 heavy (non-hydrogen) atoms. The second kappa shape index (κ2) is 33.0. The first-order valence-corrected chi connectivity index (χ1v) is 33.5. The van der Waals surface area contributed by atoms with Gasteiger partial charge in [0, 0.05) is 119 Å². The van der Waals surface area contributed by atoms with Gasteiger partial charge in [-0.25, -0.2) is 53.3 Å². The Morgan fingerprint density at radius 1 is 0.596 bits per heavy atom. The van der Waals surface area contributed by atoms with Gasteiger partial charge < -0.3 is 31.4 Å². The van der Waals surface area contributed by atoms with Crippen molar-refractivity contribution in [2.75, 3.05) is 27.9 Å². The Bertz CT molecular complexity index is 4210. The van der Waals surface area contributed by atoms with Gasteiger partial charge in [-0.3, -0.25) is 13.9 Å². The predicted molar refractivity (Wildman–Crippen MR) is 387 cm³/mol. The highest BCUT2D eigenvalue weighted by Gasteiger charge is 2.23. The number of Topliss-reactive ketones (excluding diaryl/α,β-unsaturated/α-hetero) is 1. The normalized spacial score (nSPS) is 11.2. The topological polar surface area (TPSA) is 258 Å². The van der Waals surface area contributed by atoms with Gasteiger partial charge >= 0.3 is 0 Å². The summed E-state index contributed by atoms with van der Waals surface area (Å²) in [7, 11) is 0. The minimum absolute atomic E-state index is 0. The number of hydrogen-bond acceptors (Lipinski definition) is 17. The first-order valence-electron chi connectivity index (χ1n) is 30.3. The van der Waals surface area contributed by atoms with Crippen LogP contribution in [0.5, 0.6) is 0 Å². The molecule has 0 aliphatic rings. The van der Waals surface area contributed by atoms with Gasteiger partial charge in [0.2, 0.25) is 0 Å². The van der Waals surface area contributed by atoms with Gasteiger partial charge in [0.25, 0.3) is 0 Å². The number of ketones is 1. The number of carbonyl (C=O) groups is 1. The molecule has 0 amide bonds. The van der Waals surface area contributed by atoms with E-state index in [2.05, 4.69) is 160 Å². The van der Waals surface area contributed by atoms with Gasteiger partial charge in [-0.1, -0.05) is 91.7 Å². The van der Waals surface area contributed by atoms with E-state index in [-0.39, 0.29) is 47.0 Å². The zero-order valence-corrected chi connectivity index (χ0v) is 59.7. The van der Waals surface area contributed by atoms with Crippen LogP contribution in [0.2, 0.25) is 0 Å². The van der Waals surface area contributed by atoms with E-state index in [0.717, 1.165) is 116 Å². The number of rotatable bonds is 15. The molecule has 0 atom stereocenters. The number of pyridine rings is 2. The van der Waals surface area contributed by atoms with Crippen molar-refractivity contribution in [1.82, 2.24) is 77.9 Å². The lowest BCUT2D eigenvalue weighted by Crippen LogP contribution is -2.21. The Morgan fingerprint density at radius 2 is 1.00 bits per heavy atom. The molecule has 0 unspecified atom stereocenters. The minimum Gasteiger partial charge on any atom is -0.397 e. The molecule has 10 heterocycles. The molecule has 500 valence electrons. The molecule has 1 aromatic carbocycles. The third kappa shape index (κ3) is 20.2. The van der Waals surface area contributed by atoms with E-state index in [9.17, 15) is 9.18 Å². The van der Waals surface area contributed by atoms with Crippen molar-refractivity contribution < 1.29 is 14.3 Å². The molecule has 10 aromatic heterocycles. The molecule has 0 saturated carbocycles. The molecule has 27 heteroatoms. The number of aryl methyl sites for hydroxylation is 6. The van der Waals surface area contributed by atoms with Gasteiger partial charge in [-0.05, 0) is 97.1 Å². The number of anilines is 5. The van der Waals surface area contributed by atoms with Crippen molar-refractivity contribution in [3.8, 4) is 39.8 Å². The summed E-state index contributed by atoms with van der Waals surface area (Å²) in [5.74, 6) is 4.03. The van der Waals surface area contributed by atoms with Crippen molar-refractivity contribution in [3.63, 3.8) is 0 Å². The van der Waals surface area contributed by atoms with Crippen LogP contribution in [0.3, 0.4) is 0 Å². The lowest BCUT2D eigenvalue weighted by Gasteiger charge is -2.13. The van der Waals surface area contributed by atoms with Gasteiger partial charge in [-0.2, -0.15) is 15.3 Å². The quantitative estimate of drug-likeness (QED) is 0.0363. The third-order valence-electron chi connectivity index (χ3n) is 13.7. The van der Waals surface area contributed by atoms with Crippen LogP contribution in [-0.4, -0.2) is 106 Å². The second-order valence-corrected chi connectivity index (χ2v) is 27.1. The summed E-state index contributed by atoms with van der Waals surface area (Å²) in [4.78, 5) is 42.0. The Hall–Kier alpha value is -8.63. The molecule has 11 aromatic rings. The maximum Gasteiger partial charge on any atom is 0.188 e. The summed E-state index contributed by atoms with van der Waals surface area (Å²) >= 11 is 11.0. The average Bonchev–Trinajstić information content (AvgIpc) is 1.64. The summed E-state index contributed by atoms with van der Waals surface area (Å²) in [6.45, 7) is 35.5. The zero-order chi connectivity index (χ0) is 68.0. The van der Waals surface area contributed by atoms with E-state index in [0.29, 0.717) is 16.6 Å². The number of carbonyl (C=O) groups excluding carboxylic acids is 1. The fraction of sp³-hybridized carbons (Fsp3) is 0.373. The summed E-state index contributed by atoms with van der Waals surface area (Å²) < 4.78 is 25.9. The number of benzene rings is 1. The van der Waals surface area contributed by atoms with Crippen molar-refractivity contribution in [1.29, 1.82) is 0 Å². The SMILES string of the molecule is C.CCO.CCn1nc(C(C)(C)C)cc1NC(N)=S.CCn1nc(C(C)(C)C)cc1Nc1nc(-c2ccc(-n3cnc(C)c3)c(F)c2)cs1.CCn1nc(C(C)(C)C)cc1Nc1nc(-c2ccc(-n3cnc(C)c3)nc2)cs1.Cc1cn(-c2ccc(C(=O)CBr)cn2)cn1. The second-order valence-electron chi connectivity index (χ2n) is 24.4. The number of nitrogens with zero attached hydrogens (tertiary/aromatic N) is 16. The van der Waals surface area contributed by atoms with Crippen LogP contribution < -0.4 is 21.7 Å². The maximum absolute atomic E-state index is 14.7. The molecule has 0 saturated heterocycles. The van der Waals surface area contributed by atoms with Gasteiger partial charge in [0.15, 0.2) is 21.2 Å². The number of thiocarbonyl (C=S) groups is 1. The summed E-state index contributed by atoms with van der Waals surface area (Å²) in [6, 6.07) is 18.9. The van der Waals surface area contributed by atoms with E-state index in [1.807, 2.05) is 104 Å². The highest BCUT2D eigenvalue weighted by Crippen LogP contribution is 2.33. The number of aliphatic hydroxyl groups is 1. The fourth-order valence-electron chi connectivity index (χ4n) is 8.64. The largest absolute Gasteiger partial charge is 0.397 e. The summed E-state index contributed by atoms with van der Waals surface area (Å²) in [5.41, 5.74) is 15.7. The number of halogens is 2. The Kier molecular flexibility index (Phi) is 26.1. The van der Waals surface area contributed by atoms with E-state index in [4.69, 9.17) is 33.1 Å². The lowest BCUT2D eigenvalue weighted by atomic mass is 9.92. The molecule has 0 bridgehead atoms.